The highest BCUT2D eigenvalue weighted by Gasteiger charge is 2.26. The maximum Gasteiger partial charge on any atom is 0.222 e. The highest BCUT2D eigenvalue weighted by molar-refractivity contribution is 5.77. The van der Waals surface area contributed by atoms with Gasteiger partial charge in [0.1, 0.15) is 5.82 Å². The third kappa shape index (κ3) is 3.36. The second-order valence-electron chi connectivity index (χ2n) is 7.16. The maximum atomic E-state index is 12.5. The molecule has 26 heavy (non-hydrogen) atoms. The zero-order chi connectivity index (χ0) is 17.9. The van der Waals surface area contributed by atoms with Gasteiger partial charge in [0.15, 0.2) is 0 Å². The Morgan fingerprint density at radius 2 is 1.73 bits per heavy atom. The number of rotatable bonds is 4. The predicted molar refractivity (Wildman–Crippen MR) is 104 cm³/mol. The topological polar surface area (TPSA) is 38.1 Å². The summed E-state index contributed by atoms with van der Waals surface area (Å²) < 4.78 is 2.22. The molecule has 0 N–H and O–H groups in total. The number of aryl methyl sites for hydroxylation is 2. The molecule has 4 rings (SSSR count). The summed E-state index contributed by atoms with van der Waals surface area (Å²) in [5.41, 5.74) is 3.48. The minimum atomic E-state index is 0.275. The van der Waals surface area contributed by atoms with Crippen LogP contribution in [0.3, 0.4) is 0 Å². The number of likely N-dealkylation sites (tertiary alicyclic amines) is 1. The van der Waals surface area contributed by atoms with Crippen molar-refractivity contribution in [2.24, 2.45) is 7.05 Å². The molecule has 0 bridgehead atoms. The molecule has 4 nitrogen and oxygen atoms in total. The van der Waals surface area contributed by atoms with Gasteiger partial charge in [-0.3, -0.25) is 4.79 Å². The van der Waals surface area contributed by atoms with Crippen molar-refractivity contribution in [3.63, 3.8) is 0 Å². The quantitative estimate of drug-likeness (QED) is 0.718. The van der Waals surface area contributed by atoms with Gasteiger partial charge in [-0.05, 0) is 37.0 Å². The Morgan fingerprint density at radius 1 is 1.04 bits per heavy atom. The molecule has 2 aromatic carbocycles. The average molecular weight is 347 g/mol. The third-order valence-electron chi connectivity index (χ3n) is 5.50. The summed E-state index contributed by atoms with van der Waals surface area (Å²) in [6.07, 6.45) is 3.41. The molecule has 0 radical (unpaired) electrons. The second-order valence-corrected chi connectivity index (χ2v) is 7.16. The molecule has 0 aliphatic carbocycles. The lowest BCUT2D eigenvalue weighted by atomic mass is 9.95. The molecular weight excluding hydrogens is 322 g/mol. The minimum absolute atomic E-state index is 0.275. The highest BCUT2D eigenvalue weighted by Crippen LogP contribution is 2.29. The van der Waals surface area contributed by atoms with E-state index in [2.05, 4.69) is 41.9 Å². The molecule has 4 heteroatoms. The lowest BCUT2D eigenvalue weighted by Gasteiger charge is -2.31. The number of hydrogen-bond acceptors (Lipinski definition) is 2. The van der Waals surface area contributed by atoms with Gasteiger partial charge < -0.3 is 9.47 Å². The van der Waals surface area contributed by atoms with E-state index in [4.69, 9.17) is 4.98 Å². The zero-order valence-corrected chi connectivity index (χ0v) is 15.3. The number of piperidine rings is 1. The van der Waals surface area contributed by atoms with E-state index < -0.39 is 0 Å². The van der Waals surface area contributed by atoms with Crippen LogP contribution in [0.4, 0.5) is 0 Å². The number of aromatic nitrogens is 2. The standard InChI is InChI=1S/C22H25N3O/c1-24-20-10-6-5-9-19(20)23-22(24)18-13-15-25(16-14-18)21(26)12-11-17-7-3-2-4-8-17/h2-10,18H,11-16H2,1H3. The number of hydrogen-bond donors (Lipinski definition) is 0. The zero-order valence-electron chi connectivity index (χ0n) is 15.3. The van der Waals surface area contributed by atoms with Gasteiger partial charge >= 0.3 is 0 Å². The van der Waals surface area contributed by atoms with Gasteiger partial charge in [-0.1, -0.05) is 42.5 Å². The van der Waals surface area contributed by atoms with Crippen molar-refractivity contribution < 1.29 is 4.79 Å². The van der Waals surface area contributed by atoms with Crippen LogP contribution in [-0.4, -0.2) is 33.4 Å². The smallest absolute Gasteiger partial charge is 0.222 e. The van der Waals surface area contributed by atoms with Crippen molar-refractivity contribution in [2.45, 2.75) is 31.6 Å². The Morgan fingerprint density at radius 3 is 2.46 bits per heavy atom. The molecule has 1 fully saturated rings. The fourth-order valence-electron chi connectivity index (χ4n) is 3.97. The normalized spacial score (nSPS) is 15.5. The molecule has 1 saturated heterocycles. The van der Waals surface area contributed by atoms with Crippen LogP contribution in [0.2, 0.25) is 0 Å². The molecule has 2 heterocycles. The number of benzene rings is 2. The first-order valence-corrected chi connectivity index (χ1v) is 9.45. The molecule has 1 aliphatic heterocycles. The van der Waals surface area contributed by atoms with Gasteiger partial charge in [0.2, 0.25) is 5.91 Å². The number of nitrogens with zero attached hydrogens (tertiary/aromatic N) is 3. The SMILES string of the molecule is Cn1c(C2CCN(C(=O)CCc3ccccc3)CC2)nc2ccccc21. The van der Waals surface area contributed by atoms with Crippen LogP contribution in [-0.2, 0) is 18.3 Å². The first-order chi connectivity index (χ1) is 12.7. The molecular formula is C22H25N3O. The summed E-state index contributed by atoms with van der Waals surface area (Å²) in [6, 6.07) is 18.5. The number of amides is 1. The molecule has 134 valence electrons. The van der Waals surface area contributed by atoms with Gasteiger partial charge in [-0.15, -0.1) is 0 Å². The van der Waals surface area contributed by atoms with Crippen molar-refractivity contribution in [3.05, 3.63) is 66.0 Å². The van der Waals surface area contributed by atoms with E-state index in [0.717, 1.165) is 43.7 Å². The number of imidazole rings is 1. The van der Waals surface area contributed by atoms with Crippen LogP contribution >= 0.6 is 0 Å². The summed E-state index contributed by atoms with van der Waals surface area (Å²) >= 11 is 0. The van der Waals surface area contributed by atoms with Crippen molar-refractivity contribution in [2.75, 3.05) is 13.1 Å². The second kappa shape index (κ2) is 7.32. The van der Waals surface area contributed by atoms with Gasteiger partial charge in [0.25, 0.3) is 0 Å². The van der Waals surface area contributed by atoms with Crippen LogP contribution in [0, 0.1) is 0 Å². The molecule has 0 spiro atoms. The predicted octanol–water partition coefficient (Wildman–Crippen LogP) is 3.91. The van der Waals surface area contributed by atoms with E-state index in [1.807, 2.05) is 29.2 Å². The Kier molecular flexibility index (Phi) is 4.74. The summed E-state index contributed by atoms with van der Waals surface area (Å²) in [5, 5.41) is 0. The van der Waals surface area contributed by atoms with Gasteiger partial charge in [0, 0.05) is 32.5 Å². The lowest BCUT2D eigenvalue weighted by Crippen LogP contribution is -2.38. The van der Waals surface area contributed by atoms with Gasteiger partial charge in [-0.2, -0.15) is 0 Å². The van der Waals surface area contributed by atoms with E-state index in [-0.39, 0.29) is 5.91 Å². The molecule has 1 aromatic heterocycles. The first kappa shape index (κ1) is 16.8. The first-order valence-electron chi connectivity index (χ1n) is 9.45. The van der Waals surface area contributed by atoms with Crippen molar-refractivity contribution in [3.8, 4) is 0 Å². The summed E-state index contributed by atoms with van der Waals surface area (Å²) in [7, 11) is 2.10. The molecule has 1 amide bonds. The van der Waals surface area contributed by atoms with Crippen LogP contribution in [0.15, 0.2) is 54.6 Å². The monoisotopic (exact) mass is 347 g/mol. The van der Waals surface area contributed by atoms with Crippen LogP contribution in [0.5, 0.6) is 0 Å². The van der Waals surface area contributed by atoms with E-state index in [0.29, 0.717) is 12.3 Å². The largest absolute Gasteiger partial charge is 0.343 e. The molecule has 3 aromatic rings. The van der Waals surface area contributed by atoms with Crippen molar-refractivity contribution >= 4 is 16.9 Å². The summed E-state index contributed by atoms with van der Waals surface area (Å²) in [5.74, 6) is 1.87. The number of para-hydroxylation sites is 2. The summed E-state index contributed by atoms with van der Waals surface area (Å²) in [6.45, 7) is 1.67. The average Bonchev–Trinajstić information content (AvgIpc) is 3.04. The van der Waals surface area contributed by atoms with Crippen LogP contribution < -0.4 is 0 Å². The van der Waals surface area contributed by atoms with Crippen molar-refractivity contribution in [1.82, 2.24) is 14.5 Å². The fourth-order valence-corrected chi connectivity index (χ4v) is 3.97. The Labute approximate surface area is 154 Å². The Bertz CT molecular complexity index is 892. The summed E-state index contributed by atoms with van der Waals surface area (Å²) in [4.78, 5) is 19.4. The Hall–Kier alpha value is -2.62. The van der Waals surface area contributed by atoms with Crippen LogP contribution in [0.25, 0.3) is 11.0 Å². The Balaban J connectivity index is 1.36. The molecule has 0 unspecified atom stereocenters. The van der Waals surface area contributed by atoms with E-state index >= 15 is 0 Å². The number of fused-ring (bicyclic) bond motifs is 1. The number of carbonyl (C=O) groups is 1. The van der Waals surface area contributed by atoms with E-state index in [1.165, 1.54) is 11.1 Å². The fraction of sp³-hybridized carbons (Fsp3) is 0.364. The molecule has 0 saturated carbocycles. The van der Waals surface area contributed by atoms with Crippen LogP contribution in [0.1, 0.15) is 36.6 Å². The third-order valence-corrected chi connectivity index (χ3v) is 5.50. The molecule has 0 atom stereocenters. The number of carbonyl (C=O) groups excluding carboxylic acids is 1. The molecule has 1 aliphatic rings. The lowest BCUT2D eigenvalue weighted by molar-refractivity contribution is -0.132. The minimum Gasteiger partial charge on any atom is -0.343 e. The highest BCUT2D eigenvalue weighted by atomic mass is 16.2. The van der Waals surface area contributed by atoms with Gasteiger partial charge in [0.05, 0.1) is 11.0 Å². The maximum absolute atomic E-state index is 12.5. The van der Waals surface area contributed by atoms with Gasteiger partial charge in [-0.25, -0.2) is 4.98 Å². The van der Waals surface area contributed by atoms with E-state index in [1.54, 1.807) is 0 Å². The van der Waals surface area contributed by atoms with E-state index in [9.17, 15) is 4.79 Å². The van der Waals surface area contributed by atoms with Crippen molar-refractivity contribution in [1.29, 1.82) is 0 Å².